The van der Waals surface area contributed by atoms with Gasteiger partial charge in [0.2, 0.25) is 0 Å². The molecule has 1 aromatic rings. The Morgan fingerprint density at radius 1 is 1.22 bits per heavy atom. The third-order valence-electron chi connectivity index (χ3n) is 2.94. The van der Waals surface area contributed by atoms with Crippen molar-refractivity contribution in [2.24, 2.45) is 0 Å². The molecule has 4 atom stereocenters. The van der Waals surface area contributed by atoms with Gasteiger partial charge in [-0.2, -0.15) is 0 Å². The highest BCUT2D eigenvalue weighted by atomic mass is 16.6. The summed E-state index contributed by atoms with van der Waals surface area (Å²) in [5.41, 5.74) is 0.727. The highest BCUT2D eigenvalue weighted by molar-refractivity contribution is 5.47. The lowest BCUT2D eigenvalue weighted by molar-refractivity contribution is -0.0153. The second-order valence-corrected chi connectivity index (χ2v) is 4.13. The van der Waals surface area contributed by atoms with E-state index in [1.165, 1.54) is 0 Å². The summed E-state index contributed by atoms with van der Waals surface area (Å²) in [7, 11) is 1.58. The molecule has 100 valence electrons. The Morgan fingerprint density at radius 3 is 2.39 bits per heavy atom. The van der Waals surface area contributed by atoms with E-state index < -0.39 is 24.5 Å². The fourth-order valence-corrected chi connectivity index (χ4v) is 1.87. The molecule has 1 heterocycles. The van der Waals surface area contributed by atoms with Crippen LogP contribution >= 0.6 is 0 Å². The molecule has 0 aliphatic carbocycles. The maximum absolute atomic E-state index is 9.75. The number of hydrogen-bond acceptors (Lipinski definition) is 6. The molecule has 0 aromatic heterocycles. The Hall–Kier alpha value is -1.34. The van der Waals surface area contributed by atoms with Gasteiger partial charge < -0.3 is 30.1 Å². The van der Waals surface area contributed by atoms with Gasteiger partial charge in [-0.15, -0.1) is 0 Å². The van der Waals surface area contributed by atoms with E-state index in [0.29, 0.717) is 0 Å². The Labute approximate surface area is 105 Å². The Morgan fingerprint density at radius 2 is 1.89 bits per heavy atom. The third kappa shape index (κ3) is 2.56. The van der Waals surface area contributed by atoms with Crippen LogP contribution in [0.4, 0.5) is 5.69 Å². The van der Waals surface area contributed by atoms with Crippen LogP contribution in [0.15, 0.2) is 24.3 Å². The number of rotatable bonds is 4. The minimum atomic E-state index is -1.09. The lowest BCUT2D eigenvalue weighted by atomic mass is 10.1. The Bertz CT molecular complexity index is 383. The molecular weight excluding hydrogens is 238 g/mol. The van der Waals surface area contributed by atoms with Crippen LogP contribution in [0.2, 0.25) is 0 Å². The van der Waals surface area contributed by atoms with E-state index in [1.54, 1.807) is 31.4 Å². The molecule has 1 aromatic carbocycles. The van der Waals surface area contributed by atoms with E-state index in [0.717, 1.165) is 11.4 Å². The maximum Gasteiger partial charge on any atom is 0.157 e. The van der Waals surface area contributed by atoms with Gasteiger partial charge in [-0.1, -0.05) is 0 Å². The molecule has 4 N–H and O–H groups in total. The van der Waals surface area contributed by atoms with Crippen LogP contribution in [-0.4, -0.2) is 53.6 Å². The van der Waals surface area contributed by atoms with Gasteiger partial charge >= 0.3 is 0 Å². The molecule has 1 aliphatic rings. The maximum atomic E-state index is 9.75. The van der Waals surface area contributed by atoms with Gasteiger partial charge in [-0.05, 0) is 24.3 Å². The summed E-state index contributed by atoms with van der Waals surface area (Å²) in [5.74, 6) is 0.724. The van der Waals surface area contributed by atoms with E-state index >= 15 is 0 Å². The van der Waals surface area contributed by atoms with Crippen LogP contribution in [0.3, 0.4) is 0 Å². The molecular formula is C12H17NO5. The molecule has 6 heteroatoms. The van der Waals surface area contributed by atoms with Crippen molar-refractivity contribution in [3.63, 3.8) is 0 Å². The number of methoxy groups -OCH3 is 1. The Kier molecular flexibility index (Phi) is 4.03. The monoisotopic (exact) mass is 255 g/mol. The topological polar surface area (TPSA) is 91.2 Å². The zero-order valence-corrected chi connectivity index (χ0v) is 9.98. The summed E-state index contributed by atoms with van der Waals surface area (Å²) < 4.78 is 10.3. The first-order valence-corrected chi connectivity index (χ1v) is 5.68. The first kappa shape index (κ1) is 13.1. The Balaban J connectivity index is 2.00. The SMILES string of the molecule is COc1ccc(N[C@@H]2O[C@H](CO)[C@@H](O)[C@@H]2O)cc1. The number of ether oxygens (including phenoxy) is 2. The molecule has 0 unspecified atom stereocenters. The molecule has 0 radical (unpaired) electrons. The van der Waals surface area contributed by atoms with Crippen molar-refractivity contribution in [1.29, 1.82) is 0 Å². The summed E-state index contributed by atoms with van der Waals surface area (Å²) in [6.07, 6.45) is -3.68. The van der Waals surface area contributed by atoms with Crippen LogP contribution < -0.4 is 10.1 Å². The zero-order valence-electron chi connectivity index (χ0n) is 9.98. The van der Waals surface area contributed by atoms with Crippen molar-refractivity contribution in [1.82, 2.24) is 0 Å². The molecule has 18 heavy (non-hydrogen) atoms. The predicted molar refractivity (Wildman–Crippen MR) is 64.4 cm³/mol. The van der Waals surface area contributed by atoms with Crippen molar-refractivity contribution in [2.45, 2.75) is 24.5 Å². The molecule has 1 aliphatic heterocycles. The number of anilines is 1. The van der Waals surface area contributed by atoms with Gasteiger partial charge in [0.15, 0.2) is 6.23 Å². The van der Waals surface area contributed by atoms with Crippen LogP contribution in [0.25, 0.3) is 0 Å². The van der Waals surface area contributed by atoms with Crippen molar-refractivity contribution in [2.75, 3.05) is 19.0 Å². The second-order valence-electron chi connectivity index (χ2n) is 4.13. The minimum Gasteiger partial charge on any atom is -0.497 e. The van der Waals surface area contributed by atoms with E-state index in [9.17, 15) is 10.2 Å². The van der Waals surface area contributed by atoms with E-state index in [-0.39, 0.29) is 6.61 Å². The highest BCUT2D eigenvalue weighted by Crippen LogP contribution is 2.24. The molecule has 1 saturated heterocycles. The van der Waals surface area contributed by atoms with Crippen LogP contribution in [0.5, 0.6) is 5.75 Å². The van der Waals surface area contributed by atoms with Crippen LogP contribution in [0, 0.1) is 0 Å². The van der Waals surface area contributed by atoms with Crippen molar-refractivity contribution < 1.29 is 24.8 Å². The summed E-state index contributed by atoms with van der Waals surface area (Å²) >= 11 is 0. The van der Waals surface area contributed by atoms with Gasteiger partial charge in [0, 0.05) is 5.69 Å². The molecule has 6 nitrogen and oxygen atoms in total. The van der Waals surface area contributed by atoms with Gasteiger partial charge in [-0.25, -0.2) is 0 Å². The van der Waals surface area contributed by atoms with Gasteiger partial charge in [-0.3, -0.25) is 0 Å². The second kappa shape index (κ2) is 5.53. The molecule has 2 rings (SSSR count). The quantitative estimate of drug-likeness (QED) is 0.582. The van der Waals surface area contributed by atoms with Crippen molar-refractivity contribution >= 4 is 5.69 Å². The normalized spacial score (nSPS) is 31.3. The first-order chi connectivity index (χ1) is 8.65. The average molecular weight is 255 g/mol. The standard InChI is InChI=1S/C12H17NO5/c1-17-8-4-2-7(3-5-8)13-12-11(16)10(15)9(6-14)18-12/h2-5,9-16H,6H2,1H3/t9-,10-,11+,12-/m1/s1. The summed E-state index contributed by atoms with van der Waals surface area (Å²) in [6, 6.07) is 7.08. The lowest BCUT2D eigenvalue weighted by Gasteiger charge is -2.17. The summed E-state index contributed by atoms with van der Waals surface area (Å²) in [6.45, 7) is -0.334. The fraction of sp³-hybridized carbons (Fsp3) is 0.500. The number of hydrogen-bond donors (Lipinski definition) is 4. The summed E-state index contributed by atoms with van der Waals surface area (Å²) in [5, 5.41) is 31.2. The predicted octanol–water partition coefficient (Wildman–Crippen LogP) is -0.454. The van der Waals surface area contributed by atoms with E-state index in [4.69, 9.17) is 14.6 Å². The highest BCUT2D eigenvalue weighted by Gasteiger charge is 2.42. The lowest BCUT2D eigenvalue weighted by Crippen LogP contribution is -2.36. The zero-order chi connectivity index (χ0) is 13.1. The molecule has 0 bridgehead atoms. The number of aliphatic hydroxyl groups excluding tert-OH is 3. The average Bonchev–Trinajstić information content (AvgIpc) is 2.67. The molecule has 1 fully saturated rings. The number of benzene rings is 1. The van der Waals surface area contributed by atoms with Gasteiger partial charge in [0.05, 0.1) is 13.7 Å². The smallest absolute Gasteiger partial charge is 0.157 e. The van der Waals surface area contributed by atoms with Gasteiger partial charge in [0.25, 0.3) is 0 Å². The van der Waals surface area contributed by atoms with E-state index in [2.05, 4.69) is 5.32 Å². The molecule has 0 saturated carbocycles. The molecule has 0 amide bonds. The first-order valence-electron chi connectivity index (χ1n) is 5.68. The third-order valence-corrected chi connectivity index (χ3v) is 2.94. The van der Waals surface area contributed by atoms with Crippen LogP contribution in [-0.2, 0) is 4.74 Å². The minimum absolute atomic E-state index is 0.334. The number of aliphatic hydroxyl groups is 3. The largest absolute Gasteiger partial charge is 0.497 e. The van der Waals surface area contributed by atoms with Crippen LogP contribution in [0.1, 0.15) is 0 Å². The summed E-state index contributed by atoms with van der Waals surface area (Å²) in [4.78, 5) is 0. The van der Waals surface area contributed by atoms with Crippen molar-refractivity contribution in [3.8, 4) is 5.75 Å². The van der Waals surface area contributed by atoms with Gasteiger partial charge in [0.1, 0.15) is 24.1 Å². The van der Waals surface area contributed by atoms with E-state index in [1.807, 2.05) is 0 Å². The van der Waals surface area contributed by atoms with Crippen molar-refractivity contribution in [3.05, 3.63) is 24.3 Å². The molecule has 0 spiro atoms. The number of nitrogens with one attached hydrogen (secondary N) is 1. The fourth-order valence-electron chi connectivity index (χ4n) is 1.87.